The van der Waals surface area contributed by atoms with E-state index in [1.165, 1.54) is 27.6 Å². The van der Waals surface area contributed by atoms with Crippen LogP contribution in [0.15, 0.2) is 79.0 Å². The maximum Gasteiger partial charge on any atom is 0.323 e. The Morgan fingerprint density at radius 1 is 0.810 bits per heavy atom. The van der Waals surface area contributed by atoms with Crippen molar-refractivity contribution in [3.8, 4) is 28.7 Å². The smallest absolute Gasteiger partial charge is 0.323 e. The predicted octanol–water partition coefficient (Wildman–Crippen LogP) is 8.27. The number of carbonyl (C=O) groups is 2. The molecule has 5 N–H and O–H groups in total. The number of rotatable bonds is 13. The summed E-state index contributed by atoms with van der Waals surface area (Å²) in [5.41, 5.74) is 3.07. The zero-order valence-corrected chi connectivity index (χ0v) is 34.9. The minimum atomic E-state index is -1.37. The summed E-state index contributed by atoms with van der Waals surface area (Å²) >= 11 is 0. The average Bonchev–Trinajstić information content (AvgIpc) is 3.18. The lowest BCUT2D eigenvalue weighted by Gasteiger charge is -2.29. The van der Waals surface area contributed by atoms with Gasteiger partial charge in [0, 0.05) is 53.2 Å². The Balaban J connectivity index is 1.20. The van der Waals surface area contributed by atoms with Crippen molar-refractivity contribution < 1.29 is 32.7 Å². The van der Waals surface area contributed by atoms with Crippen LogP contribution in [0.5, 0.6) is 28.7 Å². The van der Waals surface area contributed by atoms with Crippen molar-refractivity contribution in [2.24, 2.45) is 0 Å². The molecule has 1 fully saturated rings. The van der Waals surface area contributed by atoms with Crippen molar-refractivity contribution in [3.63, 3.8) is 0 Å². The number of carbonyl (C=O) groups excluding carboxylic acids is 2. The fourth-order valence-electron chi connectivity index (χ4n) is 6.79. The molecule has 3 amide bonds. The van der Waals surface area contributed by atoms with E-state index >= 15 is 0 Å². The highest BCUT2D eigenvalue weighted by molar-refractivity contribution is 7.85. The molecule has 0 saturated carbocycles. The van der Waals surface area contributed by atoms with Gasteiger partial charge in [0.15, 0.2) is 5.75 Å². The molecule has 1 atom stereocenters. The molecule has 1 unspecified atom stereocenters. The maximum absolute atomic E-state index is 13.5. The number of hydrogen-bond donors (Lipinski definition) is 5. The lowest BCUT2D eigenvalue weighted by molar-refractivity contribution is 0.0910. The second-order valence-corrected chi connectivity index (χ2v) is 16.2. The molecule has 0 radical (unpaired) electrons. The molecular weight excluding hydrogens is 759 g/mol. The Kier molecular flexibility index (Phi) is 12.9. The van der Waals surface area contributed by atoms with Gasteiger partial charge in [0.05, 0.1) is 38.4 Å². The summed E-state index contributed by atoms with van der Waals surface area (Å²) in [5, 5.41) is 13.8. The third kappa shape index (κ3) is 9.90. The Morgan fingerprint density at radius 3 is 2.10 bits per heavy atom. The summed E-state index contributed by atoms with van der Waals surface area (Å²) in [4.78, 5) is 33.7. The van der Waals surface area contributed by atoms with Crippen LogP contribution in [-0.2, 0) is 16.4 Å². The number of urea groups is 1. The highest BCUT2D eigenvalue weighted by Crippen LogP contribution is 2.40. The van der Waals surface area contributed by atoms with Crippen molar-refractivity contribution >= 4 is 62.3 Å². The van der Waals surface area contributed by atoms with Gasteiger partial charge in [-0.3, -0.25) is 4.79 Å². The van der Waals surface area contributed by atoms with Gasteiger partial charge in [-0.15, -0.1) is 0 Å². The van der Waals surface area contributed by atoms with E-state index in [0.29, 0.717) is 62.9 Å². The Morgan fingerprint density at radius 2 is 1.47 bits per heavy atom. The summed E-state index contributed by atoms with van der Waals surface area (Å²) in [5.74, 6) is 2.39. The van der Waals surface area contributed by atoms with Crippen LogP contribution >= 0.6 is 0 Å². The Hall–Kier alpha value is -6.06. The zero-order chi connectivity index (χ0) is 41.6. The van der Waals surface area contributed by atoms with E-state index in [2.05, 4.69) is 63.7 Å². The Bertz CT molecular complexity index is 2300. The van der Waals surface area contributed by atoms with Crippen LogP contribution in [0, 0.1) is 0 Å². The van der Waals surface area contributed by atoms with Gasteiger partial charge in [-0.1, -0.05) is 45.0 Å². The van der Waals surface area contributed by atoms with Gasteiger partial charge >= 0.3 is 6.03 Å². The number of pyridine rings is 1. The fourth-order valence-corrected chi connectivity index (χ4v) is 7.25. The summed E-state index contributed by atoms with van der Waals surface area (Å²) < 4.78 is 38.4. The third-order valence-corrected chi connectivity index (χ3v) is 10.3. The molecule has 0 aliphatic carbocycles. The molecule has 0 spiro atoms. The van der Waals surface area contributed by atoms with Gasteiger partial charge in [-0.2, -0.15) is 0 Å². The average molecular weight is 810 g/mol. The quantitative estimate of drug-likeness (QED) is 0.0782. The van der Waals surface area contributed by atoms with Crippen LogP contribution in [0.1, 0.15) is 49.5 Å². The SMILES string of the molecule is COc1cc(Nc2cc(Oc3ccc(NC(=O)Nc4cc(C(C)(C)C)cc(NS(C)=O)c4OC)c4ccccc34)ccn2)cc(OC)c1C(=O)NC1CCN(C)CC1. The van der Waals surface area contributed by atoms with Gasteiger partial charge in [-0.25, -0.2) is 14.0 Å². The number of ether oxygens (including phenoxy) is 4. The molecule has 58 heavy (non-hydrogen) atoms. The molecular formula is C43H51N7O7S. The standard InChI is InChI=1S/C43H51N7O7S/c1-43(2,3)26-21-33(40(56-7)34(22-26)49-58(8)53)48-42(52)47-32-13-14-35(31-12-10-9-11-30(31)32)57-29-15-18-44-38(25-29)45-28-23-36(54-5)39(37(24-28)55-6)41(51)46-27-16-19-50(4)20-17-27/h9-15,18,21-25,27,49H,16-17,19-20H2,1-8H3,(H,44,45)(H,46,51)(H2,47,48,52). The number of methoxy groups -OCH3 is 3. The number of nitrogens with zero attached hydrogens (tertiary/aromatic N) is 2. The van der Waals surface area contributed by atoms with Gasteiger partial charge in [0.1, 0.15) is 45.4 Å². The van der Waals surface area contributed by atoms with Crippen LogP contribution in [-0.4, -0.2) is 79.8 Å². The zero-order valence-electron chi connectivity index (χ0n) is 34.1. The van der Waals surface area contributed by atoms with Crippen LogP contribution in [0.25, 0.3) is 10.8 Å². The normalized spacial score (nSPS) is 13.9. The van der Waals surface area contributed by atoms with Crippen molar-refractivity contribution in [1.82, 2.24) is 15.2 Å². The number of piperidine rings is 1. The molecule has 2 heterocycles. The van der Waals surface area contributed by atoms with Crippen LogP contribution in [0.3, 0.4) is 0 Å². The van der Waals surface area contributed by atoms with Gasteiger partial charge < -0.3 is 49.8 Å². The van der Waals surface area contributed by atoms with E-state index in [4.69, 9.17) is 18.9 Å². The highest BCUT2D eigenvalue weighted by atomic mass is 32.2. The van der Waals surface area contributed by atoms with E-state index < -0.39 is 17.0 Å². The van der Waals surface area contributed by atoms with Gasteiger partial charge in [0.25, 0.3) is 5.91 Å². The molecule has 306 valence electrons. The number of benzene rings is 4. The minimum Gasteiger partial charge on any atom is -0.496 e. The van der Waals surface area contributed by atoms with Crippen LogP contribution in [0.2, 0.25) is 0 Å². The molecule has 4 aromatic carbocycles. The van der Waals surface area contributed by atoms with Crippen molar-refractivity contribution in [3.05, 3.63) is 90.1 Å². The van der Waals surface area contributed by atoms with Crippen LogP contribution < -0.4 is 44.9 Å². The fraction of sp³-hybridized carbons (Fsp3) is 0.326. The lowest BCUT2D eigenvalue weighted by atomic mass is 9.86. The van der Waals surface area contributed by atoms with Gasteiger partial charge in [-0.05, 0) is 74.3 Å². The van der Waals surface area contributed by atoms with E-state index in [0.717, 1.165) is 42.3 Å². The molecule has 1 aliphatic heterocycles. The summed E-state index contributed by atoms with van der Waals surface area (Å²) in [6.07, 6.45) is 4.90. The van der Waals surface area contributed by atoms with E-state index in [9.17, 15) is 13.8 Å². The predicted molar refractivity (Wildman–Crippen MR) is 231 cm³/mol. The molecule has 1 saturated heterocycles. The number of anilines is 5. The largest absolute Gasteiger partial charge is 0.496 e. The topological polar surface area (TPSA) is 164 Å². The second kappa shape index (κ2) is 18.0. The number of nitrogens with one attached hydrogen (secondary N) is 5. The first-order valence-electron chi connectivity index (χ1n) is 18.8. The maximum atomic E-state index is 13.5. The monoisotopic (exact) mass is 809 g/mol. The number of amides is 3. The first-order valence-corrected chi connectivity index (χ1v) is 20.4. The number of fused-ring (bicyclic) bond motifs is 1. The molecule has 1 aliphatic rings. The van der Waals surface area contributed by atoms with E-state index in [1.807, 2.05) is 36.4 Å². The van der Waals surface area contributed by atoms with Gasteiger partial charge in [0.2, 0.25) is 0 Å². The van der Waals surface area contributed by atoms with Crippen molar-refractivity contribution in [2.45, 2.75) is 45.1 Å². The Labute approximate surface area is 341 Å². The molecule has 0 bridgehead atoms. The lowest BCUT2D eigenvalue weighted by Crippen LogP contribution is -2.43. The summed E-state index contributed by atoms with van der Waals surface area (Å²) in [6.45, 7) is 8.00. The van der Waals surface area contributed by atoms with Crippen molar-refractivity contribution in [1.29, 1.82) is 0 Å². The molecule has 15 heteroatoms. The highest BCUT2D eigenvalue weighted by Gasteiger charge is 2.25. The third-order valence-electron chi connectivity index (χ3n) is 9.81. The molecule has 1 aromatic heterocycles. The number of likely N-dealkylation sites (tertiary alicyclic amines) is 1. The first kappa shape index (κ1) is 41.6. The minimum absolute atomic E-state index is 0.0750. The molecule has 5 aromatic rings. The molecule has 6 rings (SSSR count). The number of hydrogen-bond acceptors (Lipinski definition) is 10. The summed E-state index contributed by atoms with van der Waals surface area (Å²) in [6, 6.07) is 21.4. The number of aromatic nitrogens is 1. The second-order valence-electron chi connectivity index (χ2n) is 15.1. The first-order chi connectivity index (χ1) is 27.8. The summed E-state index contributed by atoms with van der Waals surface area (Å²) in [7, 11) is 5.25. The van der Waals surface area contributed by atoms with E-state index in [-0.39, 0.29) is 17.4 Å². The van der Waals surface area contributed by atoms with Crippen molar-refractivity contribution in [2.75, 3.05) is 68.4 Å². The van der Waals surface area contributed by atoms with E-state index in [1.54, 1.807) is 42.6 Å². The van der Waals surface area contributed by atoms with Crippen LogP contribution in [0.4, 0.5) is 33.4 Å². The molecule has 14 nitrogen and oxygen atoms in total.